The van der Waals surface area contributed by atoms with E-state index in [4.69, 9.17) is 4.74 Å². The van der Waals surface area contributed by atoms with Crippen molar-refractivity contribution in [2.75, 3.05) is 32.9 Å². The predicted octanol–water partition coefficient (Wildman–Crippen LogP) is 5.67. The molecule has 5 rings (SSSR count). The first kappa shape index (κ1) is 21.9. The SMILES string of the molecule is Oc1ccc2c(c1)CC[C@@H](c1ccc(F)cc1)[C@H]2c1ccc(OCCN2CC(CF)C2)cc1. The Kier molecular flexibility index (Phi) is 6.32. The van der Waals surface area contributed by atoms with Gasteiger partial charge in [-0.2, -0.15) is 0 Å². The van der Waals surface area contributed by atoms with E-state index >= 15 is 0 Å². The summed E-state index contributed by atoms with van der Waals surface area (Å²) in [4.78, 5) is 2.21. The molecular formula is C28H29F2NO2. The summed E-state index contributed by atoms with van der Waals surface area (Å²) in [6.07, 6.45) is 1.81. The van der Waals surface area contributed by atoms with Gasteiger partial charge in [0.15, 0.2) is 0 Å². The summed E-state index contributed by atoms with van der Waals surface area (Å²) in [5.74, 6) is 1.42. The maximum atomic E-state index is 13.6. The second-order valence-electron chi connectivity index (χ2n) is 9.25. The lowest BCUT2D eigenvalue weighted by Crippen LogP contribution is -2.49. The van der Waals surface area contributed by atoms with E-state index in [1.54, 1.807) is 6.07 Å². The summed E-state index contributed by atoms with van der Waals surface area (Å²) in [5.41, 5.74) is 4.68. The van der Waals surface area contributed by atoms with Crippen LogP contribution in [-0.4, -0.2) is 42.9 Å². The smallest absolute Gasteiger partial charge is 0.123 e. The summed E-state index contributed by atoms with van der Waals surface area (Å²) in [7, 11) is 0. The van der Waals surface area contributed by atoms with Crippen LogP contribution < -0.4 is 4.74 Å². The highest BCUT2D eigenvalue weighted by molar-refractivity contribution is 5.48. The molecule has 0 amide bonds. The zero-order valence-electron chi connectivity index (χ0n) is 18.6. The number of halogens is 2. The number of alkyl halides is 1. The lowest BCUT2D eigenvalue weighted by Gasteiger charge is -2.37. The highest BCUT2D eigenvalue weighted by Crippen LogP contribution is 2.47. The van der Waals surface area contributed by atoms with E-state index in [1.807, 2.05) is 36.4 Å². The zero-order valence-corrected chi connectivity index (χ0v) is 18.6. The molecule has 0 radical (unpaired) electrons. The molecule has 172 valence electrons. The molecule has 3 aromatic rings. The van der Waals surface area contributed by atoms with Gasteiger partial charge in [-0.25, -0.2) is 4.39 Å². The van der Waals surface area contributed by atoms with E-state index in [0.29, 0.717) is 6.61 Å². The van der Waals surface area contributed by atoms with Crippen LogP contribution in [0.1, 0.15) is 40.5 Å². The molecule has 1 heterocycles. The van der Waals surface area contributed by atoms with Crippen molar-refractivity contribution in [3.05, 3.63) is 94.8 Å². The average molecular weight is 450 g/mol. The van der Waals surface area contributed by atoms with Gasteiger partial charge in [-0.3, -0.25) is 9.29 Å². The highest BCUT2D eigenvalue weighted by atomic mass is 19.1. The molecule has 0 unspecified atom stereocenters. The van der Waals surface area contributed by atoms with Crippen LogP contribution in [0.25, 0.3) is 0 Å². The molecule has 0 bridgehead atoms. The minimum Gasteiger partial charge on any atom is -0.508 e. The zero-order chi connectivity index (χ0) is 22.8. The van der Waals surface area contributed by atoms with Gasteiger partial charge in [-0.1, -0.05) is 30.3 Å². The van der Waals surface area contributed by atoms with E-state index in [1.165, 1.54) is 28.8 Å². The number of phenols is 1. The fourth-order valence-electron chi connectivity index (χ4n) is 5.31. The Morgan fingerprint density at radius 2 is 1.67 bits per heavy atom. The number of fused-ring (bicyclic) bond motifs is 1. The van der Waals surface area contributed by atoms with Crippen LogP contribution in [0.3, 0.4) is 0 Å². The van der Waals surface area contributed by atoms with Crippen molar-refractivity contribution in [1.82, 2.24) is 4.90 Å². The average Bonchev–Trinajstić information content (AvgIpc) is 2.81. The molecule has 0 saturated carbocycles. The lowest BCUT2D eigenvalue weighted by molar-refractivity contribution is 0.0668. The Hall–Kier alpha value is -2.92. The Morgan fingerprint density at radius 3 is 2.39 bits per heavy atom. The summed E-state index contributed by atoms with van der Waals surface area (Å²) in [6, 6.07) is 20.7. The van der Waals surface area contributed by atoms with Crippen LogP contribution in [0.4, 0.5) is 8.78 Å². The van der Waals surface area contributed by atoms with E-state index < -0.39 is 0 Å². The number of likely N-dealkylation sites (tertiary alicyclic amines) is 1. The summed E-state index contributed by atoms with van der Waals surface area (Å²) in [6.45, 7) is 2.80. The van der Waals surface area contributed by atoms with Crippen LogP contribution in [0, 0.1) is 11.7 Å². The first-order chi connectivity index (χ1) is 16.1. The maximum Gasteiger partial charge on any atom is 0.123 e. The normalized spacial score (nSPS) is 20.8. The molecule has 1 saturated heterocycles. The minimum absolute atomic E-state index is 0.118. The topological polar surface area (TPSA) is 32.7 Å². The van der Waals surface area contributed by atoms with Gasteiger partial charge >= 0.3 is 0 Å². The van der Waals surface area contributed by atoms with Crippen molar-refractivity contribution in [3.63, 3.8) is 0 Å². The monoisotopic (exact) mass is 449 g/mol. The van der Waals surface area contributed by atoms with E-state index in [9.17, 15) is 13.9 Å². The number of nitrogens with zero attached hydrogens (tertiary/aromatic N) is 1. The molecule has 1 fully saturated rings. The Bertz CT molecular complexity index is 1080. The standard InChI is InChI=1S/C28H29F2NO2/c29-16-19-17-31(18-19)13-14-33-25-9-3-21(4-10-25)28-26(20-1-6-23(30)7-2-20)11-5-22-15-24(32)8-12-27(22)28/h1-4,6-10,12,15,19,26,28,32H,5,11,13-14,16-18H2/t26-,28+/m0/s1. The van der Waals surface area contributed by atoms with Crippen molar-refractivity contribution < 1.29 is 18.6 Å². The van der Waals surface area contributed by atoms with E-state index in [-0.39, 0.29) is 36.0 Å². The quantitative estimate of drug-likeness (QED) is 0.504. The molecule has 2 aliphatic rings. The third-order valence-electron chi connectivity index (χ3n) is 7.05. The van der Waals surface area contributed by atoms with Crippen LogP contribution >= 0.6 is 0 Å². The molecule has 1 aliphatic carbocycles. The second-order valence-corrected chi connectivity index (χ2v) is 9.25. The fourth-order valence-corrected chi connectivity index (χ4v) is 5.31. The van der Waals surface area contributed by atoms with Gasteiger partial charge in [0.25, 0.3) is 0 Å². The lowest BCUT2D eigenvalue weighted by atomic mass is 9.69. The summed E-state index contributed by atoms with van der Waals surface area (Å²) < 4.78 is 32.0. The molecule has 3 nitrogen and oxygen atoms in total. The third kappa shape index (κ3) is 4.74. The van der Waals surface area contributed by atoms with Crippen molar-refractivity contribution in [2.24, 2.45) is 5.92 Å². The molecular weight excluding hydrogens is 420 g/mol. The maximum absolute atomic E-state index is 13.6. The molecule has 33 heavy (non-hydrogen) atoms. The minimum atomic E-state index is -0.234. The van der Waals surface area contributed by atoms with E-state index in [2.05, 4.69) is 17.0 Å². The number of rotatable bonds is 7. The Balaban J connectivity index is 1.34. The number of hydrogen-bond acceptors (Lipinski definition) is 3. The molecule has 0 spiro atoms. The van der Waals surface area contributed by atoms with Crippen LogP contribution in [0.5, 0.6) is 11.5 Å². The van der Waals surface area contributed by atoms with Crippen LogP contribution in [0.2, 0.25) is 0 Å². The second kappa shape index (κ2) is 9.52. The molecule has 5 heteroatoms. The van der Waals surface area contributed by atoms with Crippen molar-refractivity contribution in [3.8, 4) is 11.5 Å². The van der Waals surface area contributed by atoms with Gasteiger partial charge in [-0.05, 0) is 77.4 Å². The van der Waals surface area contributed by atoms with Crippen molar-refractivity contribution >= 4 is 0 Å². The highest BCUT2D eigenvalue weighted by Gasteiger charge is 2.32. The van der Waals surface area contributed by atoms with Gasteiger partial charge in [0, 0.05) is 31.5 Å². The number of aryl methyl sites for hydroxylation is 1. The first-order valence-electron chi connectivity index (χ1n) is 11.7. The van der Waals surface area contributed by atoms with Gasteiger partial charge in [0.1, 0.15) is 23.9 Å². The van der Waals surface area contributed by atoms with Crippen molar-refractivity contribution in [1.29, 1.82) is 0 Å². The molecule has 1 aliphatic heterocycles. The van der Waals surface area contributed by atoms with Gasteiger partial charge in [0.05, 0.1) is 6.67 Å². The fraction of sp³-hybridized carbons (Fsp3) is 0.357. The molecule has 0 aromatic heterocycles. The molecule has 3 aromatic carbocycles. The first-order valence-corrected chi connectivity index (χ1v) is 11.7. The summed E-state index contributed by atoms with van der Waals surface area (Å²) in [5, 5.41) is 9.99. The van der Waals surface area contributed by atoms with E-state index in [0.717, 1.165) is 43.8 Å². The Labute approximate surface area is 193 Å². The number of hydrogen-bond donors (Lipinski definition) is 1. The molecule has 2 atom stereocenters. The van der Waals surface area contributed by atoms with Gasteiger partial charge in [0.2, 0.25) is 0 Å². The number of benzene rings is 3. The molecule has 1 N–H and O–H groups in total. The number of ether oxygens (including phenoxy) is 1. The van der Waals surface area contributed by atoms with Gasteiger partial charge < -0.3 is 9.84 Å². The largest absolute Gasteiger partial charge is 0.508 e. The predicted molar refractivity (Wildman–Crippen MR) is 125 cm³/mol. The number of aromatic hydroxyl groups is 1. The number of phenolic OH excluding ortho intramolecular Hbond substituents is 1. The van der Waals surface area contributed by atoms with Gasteiger partial charge in [-0.15, -0.1) is 0 Å². The third-order valence-corrected chi connectivity index (χ3v) is 7.05. The van der Waals surface area contributed by atoms with Crippen molar-refractivity contribution in [2.45, 2.75) is 24.7 Å². The summed E-state index contributed by atoms with van der Waals surface area (Å²) >= 11 is 0. The van der Waals surface area contributed by atoms with Crippen LogP contribution in [-0.2, 0) is 6.42 Å². The Morgan fingerprint density at radius 1 is 0.939 bits per heavy atom. The van der Waals surface area contributed by atoms with Crippen LogP contribution in [0.15, 0.2) is 66.7 Å².